The van der Waals surface area contributed by atoms with Crippen LogP contribution in [0.5, 0.6) is 5.75 Å². The first kappa shape index (κ1) is 22.1. The highest BCUT2D eigenvalue weighted by Gasteiger charge is 2.32. The Morgan fingerprint density at radius 3 is 2.20 bits per heavy atom. The molecule has 0 aliphatic carbocycles. The summed E-state index contributed by atoms with van der Waals surface area (Å²) in [5.41, 5.74) is 0.346. The van der Waals surface area contributed by atoms with Crippen LogP contribution < -0.4 is 15.0 Å². The number of carbonyl (C=O) groups excluding carboxylic acids is 1. The molecular weight excluding hydrogens is 423 g/mol. The van der Waals surface area contributed by atoms with Crippen LogP contribution in [0.15, 0.2) is 59.5 Å². The Morgan fingerprint density at radius 1 is 1.03 bits per heavy atom. The van der Waals surface area contributed by atoms with E-state index in [1.54, 1.807) is 30.3 Å². The van der Waals surface area contributed by atoms with E-state index in [0.717, 1.165) is 17.0 Å². The molecule has 3 rings (SSSR count). The molecule has 0 radical (unpaired) electrons. The lowest BCUT2D eigenvalue weighted by molar-refractivity contribution is -0.895. The van der Waals surface area contributed by atoms with Crippen LogP contribution in [-0.4, -0.2) is 57.7 Å². The fourth-order valence-electron chi connectivity index (χ4n) is 3.13. The van der Waals surface area contributed by atoms with Gasteiger partial charge in [0.25, 0.3) is 5.91 Å². The highest BCUT2D eigenvalue weighted by molar-refractivity contribution is 7.89. The van der Waals surface area contributed by atoms with Crippen LogP contribution >= 0.6 is 0 Å². The largest absolute Gasteiger partial charge is 0.573 e. The van der Waals surface area contributed by atoms with Crippen molar-refractivity contribution in [1.82, 2.24) is 4.31 Å². The molecule has 1 heterocycles. The topological polar surface area (TPSA) is 80.2 Å². The third-order valence-electron chi connectivity index (χ3n) is 4.59. The van der Waals surface area contributed by atoms with Gasteiger partial charge in [0.1, 0.15) is 5.75 Å². The van der Waals surface area contributed by atoms with Crippen molar-refractivity contribution in [2.45, 2.75) is 11.3 Å². The predicted octanol–water partition coefficient (Wildman–Crippen LogP) is 1.11. The molecule has 11 heteroatoms. The first-order chi connectivity index (χ1) is 14.1. The molecule has 1 aliphatic rings. The van der Waals surface area contributed by atoms with E-state index in [0.29, 0.717) is 31.9 Å². The number of hydrogen-bond donors (Lipinski definition) is 2. The molecule has 2 aromatic rings. The molecule has 0 unspecified atom stereocenters. The number of nitrogens with zero attached hydrogens (tertiary/aromatic N) is 1. The summed E-state index contributed by atoms with van der Waals surface area (Å²) in [6.45, 7) is 1.66. The summed E-state index contributed by atoms with van der Waals surface area (Å²) >= 11 is 0. The average Bonchev–Trinajstić information content (AvgIpc) is 2.69. The molecule has 1 amide bonds. The van der Waals surface area contributed by atoms with Crippen LogP contribution in [0.3, 0.4) is 0 Å². The maximum absolute atomic E-state index is 12.6. The summed E-state index contributed by atoms with van der Waals surface area (Å²) in [6.07, 6.45) is -4.77. The van der Waals surface area contributed by atoms with E-state index in [4.69, 9.17) is 0 Å². The number of benzene rings is 2. The monoisotopic (exact) mass is 444 g/mol. The van der Waals surface area contributed by atoms with Crippen LogP contribution in [0.2, 0.25) is 0 Å². The second-order valence-corrected chi connectivity index (χ2v) is 8.70. The van der Waals surface area contributed by atoms with Gasteiger partial charge in [-0.3, -0.25) is 4.79 Å². The Labute approximate surface area is 172 Å². The quantitative estimate of drug-likeness (QED) is 0.700. The second-order valence-electron chi connectivity index (χ2n) is 6.76. The number of alkyl halides is 3. The molecule has 0 bridgehead atoms. The highest BCUT2D eigenvalue weighted by Crippen LogP contribution is 2.23. The minimum Gasteiger partial charge on any atom is -0.406 e. The SMILES string of the molecule is O=C(C[NH+]1CCN(S(=O)(=O)c2ccccc2)CC1)Nc1ccc(OC(F)(F)F)cc1. The number of ether oxygens (including phenoxy) is 1. The van der Waals surface area contributed by atoms with Gasteiger partial charge in [0.2, 0.25) is 10.0 Å². The van der Waals surface area contributed by atoms with Crippen molar-refractivity contribution >= 4 is 21.6 Å². The minimum atomic E-state index is -4.77. The number of piperazine rings is 1. The molecule has 7 nitrogen and oxygen atoms in total. The first-order valence-corrected chi connectivity index (χ1v) is 10.6. The Hall–Kier alpha value is -2.63. The van der Waals surface area contributed by atoms with Gasteiger partial charge in [0, 0.05) is 5.69 Å². The number of anilines is 1. The number of amides is 1. The molecule has 2 aromatic carbocycles. The third-order valence-corrected chi connectivity index (χ3v) is 6.51. The molecule has 30 heavy (non-hydrogen) atoms. The van der Waals surface area contributed by atoms with Crippen LogP contribution in [0.4, 0.5) is 18.9 Å². The van der Waals surface area contributed by atoms with Gasteiger partial charge in [-0.2, -0.15) is 4.31 Å². The van der Waals surface area contributed by atoms with Crippen LogP contribution in [0, 0.1) is 0 Å². The van der Waals surface area contributed by atoms with Gasteiger partial charge in [-0.25, -0.2) is 8.42 Å². The maximum Gasteiger partial charge on any atom is 0.573 e. The number of rotatable bonds is 6. The molecule has 1 saturated heterocycles. The fraction of sp³-hybridized carbons (Fsp3) is 0.316. The number of carbonyl (C=O) groups is 1. The van der Waals surface area contributed by atoms with E-state index in [1.807, 2.05) is 0 Å². The Morgan fingerprint density at radius 2 is 1.63 bits per heavy atom. The van der Waals surface area contributed by atoms with Crippen molar-refractivity contribution in [3.63, 3.8) is 0 Å². The Balaban J connectivity index is 1.48. The average molecular weight is 444 g/mol. The standard InChI is InChI=1S/C19H20F3N3O4S/c20-19(21,22)29-16-8-6-15(7-9-16)23-18(26)14-24-10-12-25(13-11-24)30(27,28)17-4-2-1-3-5-17/h1-9H,10-14H2,(H,23,26)/p+1. The third kappa shape index (κ3) is 5.94. The molecule has 0 atom stereocenters. The number of halogens is 3. The van der Waals surface area contributed by atoms with Gasteiger partial charge in [0.15, 0.2) is 6.54 Å². The van der Waals surface area contributed by atoms with E-state index in [1.165, 1.54) is 16.4 Å². The van der Waals surface area contributed by atoms with Crippen molar-refractivity contribution in [2.24, 2.45) is 0 Å². The summed E-state index contributed by atoms with van der Waals surface area (Å²) in [7, 11) is -3.55. The number of sulfonamides is 1. The van der Waals surface area contributed by atoms with Gasteiger partial charge in [-0.1, -0.05) is 18.2 Å². The van der Waals surface area contributed by atoms with E-state index in [9.17, 15) is 26.4 Å². The van der Waals surface area contributed by atoms with Crippen LogP contribution in [0.25, 0.3) is 0 Å². The Kier molecular flexibility index (Phi) is 6.64. The van der Waals surface area contributed by atoms with Gasteiger partial charge in [-0.15, -0.1) is 13.2 Å². The smallest absolute Gasteiger partial charge is 0.406 e. The first-order valence-electron chi connectivity index (χ1n) is 9.18. The molecule has 0 aromatic heterocycles. The summed E-state index contributed by atoms with van der Waals surface area (Å²) < 4.78 is 67.0. The van der Waals surface area contributed by atoms with Crippen LogP contribution in [0.1, 0.15) is 0 Å². The zero-order chi connectivity index (χ0) is 21.8. The number of quaternary nitrogens is 1. The van der Waals surface area contributed by atoms with E-state index < -0.39 is 16.4 Å². The van der Waals surface area contributed by atoms with E-state index >= 15 is 0 Å². The maximum atomic E-state index is 12.6. The molecular formula is C19H21F3N3O4S+. The molecule has 0 saturated carbocycles. The lowest BCUT2D eigenvalue weighted by atomic mass is 10.3. The van der Waals surface area contributed by atoms with Crippen molar-refractivity contribution < 1.29 is 36.0 Å². The predicted molar refractivity (Wildman–Crippen MR) is 103 cm³/mol. The van der Waals surface area contributed by atoms with Crippen LogP contribution in [-0.2, 0) is 14.8 Å². The van der Waals surface area contributed by atoms with E-state index in [-0.39, 0.29) is 23.1 Å². The number of hydrogen-bond acceptors (Lipinski definition) is 4. The molecule has 0 spiro atoms. The molecule has 2 N–H and O–H groups in total. The second kappa shape index (κ2) is 9.02. The lowest BCUT2D eigenvalue weighted by Gasteiger charge is -2.31. The number of nitrogens with one attached hydrogen (secondary N) is 2. The fourth-order valence-corrected chi connectivity index (χ4v) is 4.60. The molecule has 1 fully saturated rings. The van der Waals surface area contributed by atoms with Crippen molar-refractivity contribution in [3.8, 4) is 5.75 Å². The lowest BCUT2D eigenvalue weighted by Crippen LogP contribution is -3.15. The normalized spacial score (nSPS) is 16.2. The van der Waals surface area contributed by atoms with Crippen molar-refractivity contribution in [1.29, 1.82) is 0 Å². The minimum absolute atomic E-state index is 0.125. The summed E-state index contributed by atoms with van der Waals surface area (Å²) in [5.74, 6) is -0.685. The molecule has 1 aliphatic heterocycles. The van der Waals surface area contributed by atoms with Gasteiger partial charge >= 0.3 is 6.36 Å². The van der Waals surface area contributed by atoms with E-state index in [2.05, 4.69) is 10.1 Å². The zero-order valence-corrected chi connectivity index (χ0v) is 16.7. The van der Waals surface area contributed by atoms with Gasteiger partial charge < -0.3 is 15.0 Å². The summed E-state index contributed by atoms with van der Waals surface area (Å²) in [4.78, 5) is 13.4. The zero-order valence-electron chi connectivity index (χ0n) is 15.9. The highest BCUT2D eigenvalue weighted by atomic mass is 32.2. The van der Waals surface area contributed by atoms with Gasteiger partial charge in [-0.05, 0) is 36.4 Å². The Bertz CT molecular complexity index is 959. The van der Waals surface area contributed by atoms with Crippen molar-refractivity contribution in [2.75, 3.05) is 38.0 Å². The van der Waals surface area contributed by atoms with Gasteiger partial charge in [0.05, 0.1) is 31.1 Å². The summed E-state index contributed by atoms with van der Waals surface area (Å²) in [6, 6.07) is 13.0. The molecule has 162 valence electrons. The van der Waals surface area contributed by atoms with Crippen molar-refractivity contribution in [3.05, 3.63) is 54.6 Å². The summed E-state index contributed by atoms with van der Waals surface area (Å²) in [5, 5.41) is 2.62.